The van der Waals surface area contributed by atoms with Gasteiger partial charge in [0.05, 0.1) is 7.11 Å². The number of hydrogen-bond acceptors (Lipinski definition) is 5. The molecule has 1 N–H and O–H groups in total. The lowest BCUT2D eigenvalue weighted by Crippen LogP contribution is -2.47. The molecule has 1 fully saturated rings. The Kier molecular flexibility index (Phi) is 5.69. The molecular weight excluding hydrogens is 278 g/mol. The zero-order valence-electron chi connectivity index (χ0n) is 12.7. The first kappa shape index (κ1) is 16.9. The first-order valence-electron chi connectivity index (χ1n) is 6.69. The topological polar surface area (TPSA) is 96.0 Å². The summed E-state index contributed by atoms with van der Waals surface area (Å²) >= 11 is 0. The van der Waals surface area contributed by atoms with Crippen LogP contribution in [0.5, 0.6) is 0 Å². The molecule has 4 amide bonds. The van der Waals surface area contributed by atoms with Gasteiger partial charge in [-0.15, -0.1) is 0 Å². The second-order valence-corrected chi connectivity index (χ2v) is 5.39. The number of methoxy groups -OCH3 is 1. The van der Waals surface area contributed by atoms with Crippen LogP contribution in [0.4, 0.5) is 4.79 Å². The molecule has 118 valence electrons. The molecule has 1 aliphatic rings. The van der Waals surface area contributed by atoms with E-state index in [1.54, 1.807) is 0 Å². The molecule has 1 unspecified atom stereocenters. The molecule has 0 spiro atoms. The van der Waals surface area contributed by atoms with Gasteiger partial charge in [-0.25, -0.2) is 9.59 Å². The highest BCUT2D eigenvalue weighted by molar-refractivity contribution is 6.04. The van der Waals surface area contributed by atoms with Gasteiger partial charge in [0, 0.05) is 7.05 Å². The Morgan fingerprint density at radius 2 is 1.95 bits per heavy atom. The molecule has 0 saturated carbocycles. The number of amides is 4. The molecule has 0 aromatic heterocycles. The van der Waals surface area contributed by atoms with Crippen LogP contribution < -0.4 is 5.32 Å². The molecule has 8 heteroatoms. The quantitative estimate of drug-likeness (QED) is 0.531. The highest BCUT2D eigenvalue weighted by atomic mass is 16.5. The second kappa shape index (κ2) is 7.05. The molecule has 0 bridgehead atoms. The van der Waals surface area contributed by atoms with Crippen molar-refractivity contribution in [1.82, 2.24) is 15.1 Å². The predicted molar refractivity (Wildman–Crippen MR) is 73.1 cm³/mol. The summed E-state index contributed by atoms with van der Waals surface area (Å²) in [6.07, 6.45) is 0.417. The maximum atomic E-state index is 11.9. The molecule has 1 rings (SSSR count). The Labute approximate surface area is 123 Å². The summed E-state index contributed by atoms with van der Waals surface area (Å²) in [5.74, 6) is -1.37. The van der Waals surface area contributed by atoms with Crippen LogP contribution in [0.1, 0.15) is 20.3 Å². The maximum Gasteiger partial charge on any atom is 0.328 e. The summed E-state index contributed by atoms with van der Waals surface area (Å²) in [7, 11) is 2.72. The van der Waals surface area contributed by atoms with E-state index >= 15 is 0 Å². The molecule has 21 heavy (non-hydrogen) atoms. The third-order valence-corrected chi connectivity index (χ3v) is 3.06. The molecule has 1 aliphatic heterocycles. The molecule has 0 aromatic rings. The minimum atomic E-state index is -0.784. The number of likely N-dealkylation sites (N-methyl/N-ethyl adjacent to an activating group) is 1. The van der Waals surface area contributed by atoms with E-state index < -0.39 is 36.4 Å². The van der Waals surface area contributed by atoms with Crippen molar-refractivity contribution in [2.24, 2.45) is 5.92 Å². The van der Waals surface area contributed by atoms with Gasteiger partial charge in [0.2, 0.25) is 5.91 Å². The number of urea groups is 1. The van der Waals surface area contributed by atoms with Gasteiger partial charge in [-0.3, -0.25) is 14.5 Å². The van der Waals surface area contributed by atoms with E-state index in [9.17, 15) is 19.2 Å². The number of rotatable bonds is 6. The van der Waals surface area contributed by atoms with E-state index in [2.05, 4.69) is 10.1 Å². The third-order valence-electron chi connectivity index (χ3n) is 3.06. The fourth-order valence-corrected chi connectivity index (χ4v) is 2.04. The number of carbonyl (C=O) groups excluding carboxylic acids is 4. The SMILES string of the molecule is COC(=O)C(CC(C)C)NC(=O)CN1C(=O)CN(C)C1=O. The van der Waals surface area contributed by atoms with Gasteiger partial charge in [-0.05, 0) is 12.3 Å². The van der Waals surface area contributed by atoms with Crippen LogP contribution in [0.2, 0.25) is 0 Å². The Balaban J connectivity index is 2.64. The van der Waals surface area contributed by atoms with Crippen molar-refractivity contribution in [2.45, 2.75) is 26.3 Å². The largest absolute Gasteiger partial charge is 0.467 e. The van der Waals surface area contributed by atoms with Crippen LogP contribution in [0, 0.1) is 5.92 Å². The molecule has 0 radical (unpaired) electrons. The van der Waals surface area contributed by atoms with E-state index in [0.29, 0.717) is 6.42 Å². The van der Waals surface area contributed by atoms with Gasteiger partial charge in [0.25, 0.3) is 5.91 Å². The van der Waals surface area contributed by atoms with Gasteiger partial charge in [0.1, 0.15) is 19.1 Å². The van der Waals surface area contributed by atoms with Crippen molar-refractivity contribution in [3.05, 3.63) is 0 Å². The molecule has 0 aromatic carbocycles. The average molecular weight is 299 g/mol. The molecular formula is C13H21N3O5. The first-order chi connectivity index (χ1) is 9.76. The number of hydrogen-bond donors (Lipinski definition) is 1. The number of carbonyl (C=O) groups is 4. The molecule has 1 atom stereocenters. The minimum absolute atomic E-state index is 0.0431. The Morgan fingerprint density at radius 3 is 2.38 bits per heavy atom. The monoisotopic (exact) mass is 299 g/mol. The van der Waals surface area contributed by atoms with E-state index in [1.165, 1.54) is 19.1 Å². The van der Waals surface area contributed by atoms with Crippen molar-refractivity contribution in [1.29, 1.82) is 0 Å². The van der Waals surface area contributed by atoms with Gasteiger partial charge in [-0.2, -0.15) is 0 Å². The van der Waals surface area contributed by atoms with Gasteiger partial charge < -0.3 is 15.0 Å². The van der Waals surface area contributed by atoms with Gasteiger partial charge in [0.15, 0.2) is 0 Å². The van der Waals surface area contributed by atoms with Crippen LogP contribution in [-0.2, 0) is 19.1 Å². The van der Waals surface area contributed by atoms with Crippen LogP contribution in [0.15, 0.2) is 0 Å². The van der Waals surface area contributed by atoms with Crippen LogP contribution in [-0.4, -0.2) is 66.9 Å². The van der Waals surface area contributed by atoms with Crippen molar-refractivity contribution in [3.63, 3.8) is 0 Å². The van der Waals surface area contributed by atoms with Crippen molar-refractivity contribution in [2.75, 3.05) is 27.2 Å². The Morgan fingerprint density at radius 1 is 1.33 bits per heavy atom. The predicted octanol–water partition coefficient (Wildman–Crippen LogP) is -0.416. The average Bonchev–Trinajstić information content (AvgIpc) is 2.63. The van der Waals surface area contributed by atoms with Crippen LogP contribution >= 0.6 is 0 Å². The Hall–Kier alpha value is -2.12. The van der Waals surface area contributed by atoms with Crippen molar-refractivity contribution >= 4 is 23.8 Å². The maximum absolute atomic E-state index is 11.9. The molecule has 0 aliphatic carbocycles. The fourth-order valence-electron chi connectivity index (χ4n) is 2.04. The summed E-state index contributed by atoms with van der Waals surface area (Å²) in [5.41, 5.74) is 0. The van der Waals surface area contributed by atoms with Crippen molar-refractivity contribution in [3.8, 4) is 0 Å². The minimum Gasteiger partial charge on any atom is -0.467 e. The summed E-state index contributed by atoms with van der Waals surface area (Å²) in [6, 6.07) is -1.30. The number of imide groups is 1. The lowest BCUT2D eigenvalue weighted by molar-refractivity contribution is -0.145. The standard InChI is InChI=1S/C13H21N3O5/c1-8(2)5-9(12(19)21-4)14-10(17)6-16-11(18)7-15(3)13(16)20/h8-9H,5-7H2,1-4H3,(H,14,17). The molecule has 1 saturated heterocycles. The number of nitrogens with zero attached hydrogens (tertiary/aromatic N) is 2. The number of esters is 1. The highest BCUT2D eigenvalue weighted by Gasteiger charge is 2.35. The van der Waals surface area contributed by atoms with Gasteiger partial charge >= 0.3 is 12.0 Å². The number of ether oxygens (including phenoxy) is 1. The zero-order chi connectivity index (χ0) is 16.2. The lowest BCUT2D eigenvalue weighted by Gasteiger charge is -2.20. The van der Waals surface area contributed by atoms with Crippen molar-refractivity contribution < 1.29 is 23.9 Å². The summed E-state index contributed by atoms with van der Waals surface area (Å²) in [4.78, 5) is 48.9. The van der Waals surface area contributed by atoms with E-state index in [0.717, 1.165) is 4.90 Å². The third kappa shape index (κ3) is 4.44. The van der Waals surface area contributed by atoms with E-state index in [-0.39, 0.29) is 12.5 Å². The molecule has 1 heterocycles. The fraction of sp³-hybridized carbons (Fsp3) is 0.692. The Bertz CT molecular complexity index is 449. The zero-order valence-corrected chi connectivity index (χ0v) is 12.7. The summed E-state index contributed by atoms with van der Waals surface area (Å²) < 4.78 is 4.63. The molecule has 8 nitrogen and oxygen atoms in total. The van der Waals surface area contributed by atoms with Gasteiger partial charge in [-0.1, -0.05) is 13.8 Å². The lowest BCUT2D eigenvalue weighted by atomic mass is 10.0. The summed E-state index contributed by atoms with van der Waals surface area (Å²) in [6.45, 7) is 3.38. The van der Waals surface area contributed by atoms with Crippen LogP contribution in [0.25, 0.3) is 0 Å². The smallest absolute Gasteiger partial charge is 0.328 e. The van der Waals surface area contributed by atoms with E-state index in [4.69, 9.17) is 0 Å². The summed E-state index contributed by atoms with van der Waals surface area (Å²) in [5, 5.41) is 2.50. The normalized spacial score (nSPS) is 16.4. The second-order valence-electron chi connectivity index (χ2n) is 5.39. The highest BCUT2D eigenvalue weighted by Crippen LogP contribution is 2.09. The number of nitrogens with one attached hydrogen (secondary N) is 1. The first-order valence-corrected chi connectivity index (χ1v) is 6.69. The van der Waals surface area contributed by atoms with Crippen LogP contribution in [0.3, 0.4) is 0 Å². The van der Waals surface area contributed by atoms with E-state index in [1.807, 2.05) is 13.8 Å².